The fraction of sp³-hybridized carbons (Fsp3) is 0.158. The highest BCUT2D eigenvalue weighted by Gasteiger charge is 2.22. The second kappa shape index (κ2) is 7.55. The first-order chi connectivity index (χ1) is 12.0. The van der Waals surface area contributed by atoms with Crippen molar-refractivity contribution < 1.29 is 12.8 Å². The summed E-state index contributed by atoms with van der Waals surface area (Å²) in [5, 5.41) is 1.24. The van der Waals surface area contributed by atoms with Gasteiger partial charge in [0.25, 0.3) is 0 Å². The zero-order chi connectivity index (χ0) is 17.7. The lowest BCUT2D eigenvalue weighted by molar-refractivity contribution is 0.357. The number of sulfonamides is 1. The lowest BCUT2D eigenvalue weighted by Gasteiger charge is -2.19. The molecule has 0 bridgehead atoms. The standard InChI is InChI=1S/C19H20N2O3S/c1-20-12-5-9-18(20)15-21(16-19-10-6-13-24-19)25(22,23)14-11-17-7-3-2-4-8-17/h2-14H,15-16H2,1H3/b14-11+. The SMILES string of the molecule is Cn1cccc1CN(Cc1ccco1)S(=O)(=O)/C=C/c1ccccc1. The van der Waals surface area contributed by atoms with E-state index < -0.39 is 10.0 Å². The number of aromatic nitrogens is 1. The third-order valence-corrected chi connectivity index (χ3v) is 5.35. The normalized spacial score (nSPS) is 12.2. The Bertz CT molecular complexity index is 926. The largest absolute Gasteiger partial charge is 0.468 e. The lowest BCUT2D eigenvalue weighted by atomic mass is 10.2. The topological polar surface area (TPSA) is 55.5 Å². The Morgan fingerprint density at radius 1 is 1.04 bits per heavy atom. The molecule has 0 aliphatic heterocycles. The van der Waals surface area contributed by atoms with Gasteiger partial charge in [-0.3, -0.25) is 0 Å². The van der Waals surface area contributed by atoms with Gasteiger partial charge in [0.1, 0.15) is 5.76 Å². The van der Waals surface area contributed by atoms with Gasteiger partial charge >= 0.3 is 0 Å². The van der Waals surface area contributed by atoms with Crippen LogP contribution in [0.25, 0.3) is 6.08 Å². The van der Waals surface area contributed by atoms with E-state index in [1.54, 1.807) is 24.5 Å². The Kier molecular flexibility index (Phi) is 5.21. The summed E-state index contributed by atoms with van der Waals surface area (Å²) >= 11 is 0. The van der Waals surface area contributed by atoms with E-state index in [1.165, 1.54) is 9.71 Å². The van der Waals surface area contributed by atoms with Gasteiger partial charge in [-0.05, 0) is 35.9 Å². The average Bonchev–Trinajstić information content (AvgIpc) is 3.26. The van der Waals surface area contributed by atoms with Crippen LogP contribution in [0, 0.1) is 0 Å². The summed E-state index contributed by atoms with van der Waals surface area (Å²) < 4.78 is 34.4. The molecule has 0 spiro atoms. The minimum Gasteiger partial charge on any atom is -0.468 e. The zero-order valence-electron chi connectivity index (χ0n) is 13.9. The molecule has 0 radical (unpaired) electrons. The fourth-order valence-corrected chi connectivity index (χ4v) is 3.59. The van der Waals surface area contributed by atoms with Crippen molar-refractivity contribution in [1.29, 1.82) is 0 Å². The van der Waals surface area contributed by atoms with Crippen LogP contribution in [0.15, 0.2) is 76.9 Å². The molecule has 2 aromatic heterocycles. The minimum absolute atomic E-state index is 0.180. The summed E-state index contributed by atoms with van der Waals surface area (Å²) in [7, 11) is -1.71. The van der Waals surface area contributed by atoms with Crippen molar-refractivity contribution in [2.75, 3.05) is 0 Å². The summed E-state index contributed by atoms with van der Waals surface area (Å²) in [6, 6.07) is 16.7. The van der Waals surface area contributed by atoms with Crippen molar-refractivity contribution in [2.24, 2.45) is 7.05 Å². The van der Waals surface area contributed by atoms with E-state index in [0.717, 1.165) is 11.3 Å². The first kappa shape index (κ1) is 17.3. The van der Waals surface area contributed by atoms with E-state index in [9.17, 15) is 8.42 Å². The van der Waals surface area contributed by atoms with Crippen LogP contribution in [0.4, 0.5) is 0 Å². The molecule has 2 heterocycles. The van der Waals surface area contributed by atoms with Gasteiger partial charge in [-0.1, -0.05) is 30.3 Å². The lowest BCUT2D eigenvalue weighted by Crippen LogP contribution is -2.29. The van der Waals surface area contributed by atoms with Gasteiger partial charge in [-0.2, -0.15) is 4.31 Å². The van der Waals surface area contributed by atoms with Crippen LogP contribution in [0.5, 0.6) is 0 Å². The molecule has 0 saturated heterocycles. The van der Waals surface area contributed by atoms with Crippen LogP contribution in [-0.2, 0) is 30.2 Å². The van der Waals surface area contributed by atoms with Crippen molar-refractivity contribution in [3.8, 4) is 0 Å². The van der Waals surface area contributed by atoms with Crippen molar-refractivity contribution in [3.05, 3.63) is 89.5 Å². The van der Waals surface area contributed by atoms with Crippen molar-refractivity contribution in [1.82, 2.24) is 8.87 Å². The maximum atomic E-state index is 12.9. The van der Waals surface area contributed by atoms with Crippen molar-refractivity contribution >= 4 is 16.1 Å². The first-order valence-corrected chi connectivity index (χ1v) is 9.41. The molecule has 5 nitrogen and oxygen atoms in total. The Balaban J connectivity index is 1.86. The smallest absolute Gasteiger partial charge is 0.237 e. The van der Waals surface area contributed by atoms with Gasteiger partial charge in [0.15, 0.2) is 0 Å². The molecule has 0 atom stereocenters. The van der Waals surface area contributed by atoms with Crippen molar-refractivity contribution in [3.63, 3.8) is 0 Å². The minimum atomic E-state index is -3.61. The van der Waals surface area contributed by atoms with Gasteiger partial charge < -0.3 is 8.98 Å². The van der Waals surface area contributed by atoms with E-state index in [0.29, 0.717) is 5.76 Å². The summed E-state index contributed by atoms with van der Waals surface area (Å²) in [5.74, 6) is 0.603. The molecule has 0 aliphatic carbocycles. The van der Waals surface area contributed by atoms with Crippen LogP contribution in [0.1, 0.15) is 17.0 Å². The first-order valence-electron chi connectivity index (χ1n) is 7.90. The Hall–Kier alpha value is -2.57. The number of hydrogen-bond acceptors (Lipinski definition) is 3. The molecule has 1 aromatic carbocycles. The highest BCUT2D eigenvalue weighted by molar-refractivity contribution is 7.92. The zero-order valence-corrected chi connectivity index (χ0v) is 14.8. The van der Waals surface area contributed by atoms with Gasteiger partial charge in [0.05, 0.1) is 19.4 Å². The summed E-state index contributed by atoms with van der Waals surface area (Å²) in [6.07, 6.45) is 5.05. The number of aryl methyl sites for hydroxylation is 1. The van der Waals surface area contributed by atoms with E-state index in [1.807, 2.05) is 60.3 Å². The van der Waals surface area contributed by atoms with Crippen LogP contribution in [-0.4, -0.2) is 17.3 Å². The third kappa shape index (κ3) is 4.49. The Morgan fingerprint density at radius 2 is 1.84 bits per heavy atom. The average molecular weight is 356 g/mol. The molecule has 0 saturated carbocycles. The van der Waals surface area contributed by atoms with E-state index in [2.05, 4.69) is 0 Å². The van der Waals surface area contributed by atoms with Crippen LogP contribution < -0.4 is 0 Å². The van der Waals surface area contributed by atoms with Gasteiger partial charge in [0.2, 0.25) is 10.0 Å². The summed E-state index contributed by atoms with van der Waals surface area (Å²) in [6.45, 7) is 0.450. The number of nitrogens with zero attached hydrogens (tertiary/aromatic N) is 2. The van der Waals surface area contributed by atoms with Crippen LogP contribution in [0.2, 0.25) is 0 Å². The molecule has 0 aliphatic rings. The molecule has 0 N–H and O–H groups in total. The van der Waals surface area contributed by atoms with E-state index >= 15 is 0 Å². The molecular weight excluding hydrogens is 336 g/mol. The molecule has 3 rings (SSSR count). The number of furan rings is 1. The van der Waals surface area contributed by atoms with E-state index in [-0.39, 0.29) is 13.1 Å². The van der Waals surface area contributed by atoms with Crippen LogP contribution in [0.3, 0.4) is 0 Å². The number of benzene rings is 1. The highest BCUT2D eigenvalue weighted by atomic mass is 32.2. The van der Waals surface area contributed by atoms with Gasteiger partial charge in [0, 0.05) is 24.3 Å². The van der Waals surface area contributed by atoms with Gasteiger partial charge in [-0.25, -0.2) is 8.42 Å². The Labute approximate surface area is 147 Å². The monoisotopic (exact) mass is 356 g/mol. The summed E-state index contributed by atoms with van der Waals surface area (Å²) in [4.78, 5) is 0. The van der Waals surface area contributed by atoms with E-state index in [4.69, 9.17) is 4.42 Å². The molecular formula is C19H20N2O3S. The number of rotatable bonds is 7. The van der Waals surface area contributed by atoms with Gasteiger partial charge in [-0.15, -0.1) is 0 Å². The highest BCUT2D eigenvalue weighted by Crippen LogP contribution is 2.17. The molecule has 0 fully saturated rings. The second-order valence-electron chi connectivity index (χ2n) is 5.72. The molecule has 0 unspecified atom stereocenters. The number of hydrogen-bond donors (Lipinski definition) is 0. The third-order valence-electron chi connectivity index (χ3n) is 3.89. The molecule has 130 valence electrons. The maximum absolute atomic E-state index is 12.9. The molecule has 3 aromatic rings. The maximum Gasteiger partial charge on any atom is 0.237 e. The predicted octanol–water partition coefficient (Wildman–Crippen LogP) is 3.62. The predicted molar refractivity (Wildman–Crippen MR) is 97.8 cm³/mol. The fourth-order valence-electron chi connectivity index (χ4n) is 2.47. The molecule has 25 heavy (non-hydrogen) atoms. The Morgan fingerprint density at radius 3 is 2.48 bits per heavy atom. The molecule has 6 heteroatoms. The molecule has 0 amide bonds. The van der Waals surface area contributed by atoms with Crippen LogP contribution >= 0.6 is 0 Å². The second-order valence-corrected chi connectivity index (χ2v) is 7.53. The van der Waals surface area contributed by atoms with Crippen molar-refractivity contribution in [2.45, 2.75) is 13.1 Å². The summed E-state index contributed by atoms with van der Waals surface area (Å²) in [5.41, 5.74) is 1.74. The quantitative estimate of drug-likeness (QED) is 0.650.